The third-order valence-electron chi connectivity index (χ3n) is 8.51. The second-order valence-electron chi connectivity index (χ2n) is 12.7. The van der Waals surface area contributed by atoms with Crippen LogP contribution in [0.5, 0.6) is 0 Å². The molecule has 0 bridgehead atoms. The van der Waals surface area contributed by atoms with Crippen LogP contribution in [0.1, 0.15) is 116 Å². The van der Waals surface area contributed by atoms with Crippen LogP contribution in [0.15, 0.2) is 43.0 Å². The van der Waals surface area contributed by atoms with Crippen molar-refractivity contribution in [1.29, 1.82) is 0 Å². The van der Waals surface area contributed by atoms with Gasteiger partial charge in [-0.25, -0.2) is 15.0 Å². The second-order valence-corrected chi connectivity index (χ2v) is 14.7. The lowest BCUT2D eigenvalue weighted by molar-refractivity contribution is 0.00755. The Labute approximate surface area is 287 Å². The minimum absolute atomic E-state index is 0.0911. The summed E-state index contributed by atoms with van der Waals surface area (Å²) < 4.78 is 38.9. The predicted octanol–water partition coefficient (Wildman–Crippen LogP) is 8.45. The van der Waals surface area contributed by atoms with E-state index in [4.69, 9.17) is 24.3 Å². The molecule has 0 saturated heterocycles. The number of anilines is 1. The summed E-state index contributed by atoms with van der Waals surface area (Å²) in [7, 11) is -3.69. The van der Waals surface area contributed by atoms with Crippen LogP contribution in [0.2, 0.25) is 0 Å². The van der Waals surface area contributed by atoms with Gasteiger partial charge in [-0.3, -0.25) is 4.57 Å². The van der Waals surface area contributed by atoms with E-state index < -0.39 is 13.7 Å². The molecule has 3 aromatic rings. The van der Waals surface area contributed by atoms with Gasteiger partial charge in [0.05, 0.1) is 51.5 Å². The third kappa shape index (κ3) is 15.9. The SMILES string of the molecule is CCCCCCCCCCCCCCCCC(C)OCCO[P@@](=O)(COC(CO)Cn1cnc2c(N)ncnc21)OCc1ccccc1. The Morgan fingerprint density at radius 2 is 1.48 bits per heavy atom. The molecule has 2 heterocycles. The van der Waals surface area contributed by atoms with E-state index in [-0.39, 0.29) is 44.6 Å². The highest BCUT2D eigenvalue weighted by Gasteiger charge is 2.28. The standard InChI is InChI=1S/C36H60N5O6P/c1-3-4-5-6-7-8-9-10-11-12-13-14-15-17-20-31(2)44-23-24-46-48(43,47-27-32-21-18-16-19-22-32)30-45-33(26-42)25-41-29-40-34-35(37)38-28-39-36(34)41/h16,18-19,21-22,28-29,31,33,42H,3-15,17,20,23-27,30H2,1-2H3,(H2,37,38,39)/t31?,33?,48-/m0/s1. The van der Waals surface area contributed by atoms with Gasteiger partial charge in [-0.05, 0) is 18.9 Å². The number of nitrogen functional groups attached to an aromatic ring is 1. The molecule has 0 saturated carbocycles. The van der Waals surface area contributed by atoms with E-state index in [1.807, 2.05) is 30.3 Å². The predicted molar refractivity (Wildman–Crippen MR) is 192 cm³/mol. The van der Waals surface area contributed by atoms with Crippen LogP contribution in [0, 0.1) is 0 Å². The van der Waals surface area contributed by atoms with Crippen LogP contribution in [-0.4, -0.2) is 63.0 Å². The Bertz CT molecular complexity index is 1300. The van der Waals surface area contributed by atoms with Crippen molar-refractivity contribution in [3.63, 3.8) is 0 Å². The molecular weight excluding hydrogens is 629 g/mol. The second kappa shape index (κ2) is 23.9. The molecule has 48 heavy (non-hydrogen) atoms. The van der Waals surface area contributed by atoms with E-state index in [0.717, 1.165) is 18.4 Å². The number of benzene rings is 1. The summed E-state index contributed by atoms with van der Waals surface area (Å²) >= 11 is 0. The van der Waals surface area contributed by atoms with Gasteiger partial charge < -0.3 is 33.9 Å². The summed E-state index contributed by atoms with van der Waals surface area (Å²) in [5.41, 5.74) is 7.74. The number of rotatable bonds is 29. The molecule has 0 aliphatic carbocycles. The molecule has 2 unspecified atom stereocenters. The van der Waals surface area contributed by atoms with Gasteiger partial charge in [0.25, 0.3) is 0 Å². The van der Waals surface area contributed by atoms with Crippen molar-refractivity contribution in [2.45, 2.75) is 136 Å². The van der Waals surface area contributed by atoms with E-state index in [1.54, 1.807) is 10.9 Å². The number of aliphatic hydroxyl groups is 1. The number of unbranched alkanes of at least 4 members (excludes halogenated alkanes) is 13. The monoisotopic (exact) mass is 689 g/mol. The van der Waals surface area contributed by atoms with Gasteiger partial charge in [-0.1, -0.05) is 127 Å². The zero-order valence-electron chi connectivity index (χ0n) is 29.3. The fraction of sp³-hybridized carbons (Fsp3) is 0.694. The first kappa shape index (κ1) is 40.0. The van der Waals surface area contributed by atoms with E-state index in [2.05, 4.69) is 28.8 Å². The van der Waals surface area contributed by atoms with Gasteiger partial charge in [0.1, 0.15) is 18.2 Å². The van der Waals surface area contributed by atoms with Crippen molar-refractivity contribution in [3.8, 4) is 0 Å². The van der Waals surface area contributed by atoms with Crippen LogP contribution >= 0.6 is 7.60 Å². The van der Waals surface area contributed by atoms with Crippen molar-refractivity contribution in [3.05, 3.63) is 48.5 Å². The smallest absolute Gasteiger partial charge is 0.356 e. The molecule has 2 aromatic heterocycles. The molecule has 3 atom stereocenters. The minimum Gasteiger partial charge on any atom is -0.394 e. The number of imidazole rings is 1. The van der Waals surface area contributed by atoms with Crippen molar-refractivity contribution >= 4 is 24.6 Å². The summed E-state index contributed by atoms with van der Waals surface area (Å²) in [5.74, 6) is 0.267. The molecular formula is C36H60N5O6P. The van der Waals surface area contributed by atoms with Gasteiger partial charge in [0.15, 0.2) is 11.5 Å². The number of nitrogens with two attached hydrogens (primary N) is 1. The number of hydrogen-bond acceptors (Lipinski definition) is 10. The first-order valence-electron chi connectivity index (χ1n) is 18.1. The van der Waals surface area contributed by atoms with E-state index in [9.17, 15) is 9.67 Å². The molecule has 0 aliphatic rings. The van der Waals surface area contributed by atoms with Gasteiger partial charge in [0.2, 0.25) is 0 Å². The van der Waals surface area contributed by atoms with Crippen molar-refractivity contribution in [1.82, 2.24) is 19.5 Å². The Hall–Kier alpha value is -2.40. The van der Waals surface area contributed by atoms with Gasteiger partial charge in [-0.15, -0.1) is 0 Å². The lowest BCUT2D eigenvalue weighted by atomic mass is 10.0. The number of nitrogens with zero attached hydrogens (tertiary/aromatic N) is 4. The maximum atomic E-state index is 13.8. The third-order valence-corrected chi connectivity index (χ3v) is 10.1. The van der Waals surface area contributed by atoms with Crippen LogP contribution in [0.4, 0.5) is 5.82 Å². The fourth-order valence-corrected chi connectivity index (χ4v) is 6.92. The average Bonchev–Trinajstić information content (AvgIpc) is 3.52. The minimum atomic E-state index is -3.69. The zero-order valence-corrected chi connectivity index (χ0v) is 30.2. The molecule has 0 radical (unpaired) electrons. The Balaban J connectivity index is 1.33. The summed E-state index contributed by atoms with van der Waals surface area (Å²) in [5, 5.41) is 10.0. The summed E-state index contributed by atoms with van der Waals surface area (Å²) in [6.45, 7) is 4.73. The normalized spacial score (nSPS) is 14.3. The molecule has 0 amide bonds. The molecule has 12 heteroatoms. The number of ether oxygens (including phenoxy) is 2. The topological polar surface area (TPSA) is 144 Å². The first-order chi connectivity index (χ1) is 23.4. The first-order valence-corrected chi connectivity index (χ1v) is 19.8. The largest absolute Gasteiger partial charge is 0.394 e. The Morgan fingerprint density at radius 3 is 2.12 bits per heavy atom. The highest BCUT2D eigenvalue weighted by Crippen LogP contribution is 2.49. The molecule has 0 fully saturated rings. The van der Waals surface area contributed by atoms with Gasteiger partial charge in [-0.2, -0.15) is 0 Å². The number of aromatic nitrogens is 4. The van der Waals surface area contributed by atoms with E-state index in [0.29, 0.717) is 17.8 Å². The van der Waals surface area contributed by atoms with Crippen LogP contribution in [0.3, 0.4) is 0 Å². The average molecular weight is 690 g/mol. The van der Waals surface area contributed by atoms with E-state index >= 15 is 0 Å². The van der Waals surface area contributed by atoms with Crippen molar-refractivity contribution in [2.75, 3.05) is 31.9 Å². The van der Waals surface area contributed by atoms with Crippen molar-refractivity contribution in [2.24, 2.45) is 0 Å². The maximum Gasteiger partial charge on any atom is 0.356 e. The molecule has 270 valence electrons. The summed E-state index contributed by atoms with van der Waals surface area (Å²) in [6, 6.07) is 9.47. The Morgan fingerprint density at radius 1 is 0.833 bits per heavy atom. The number of fused-ring (bicyclic) bond motifs is 1. The molecule has 0 spiro atoms. The number of hydrogen-bond donors (Lipinski definition) is 2. The molecule has 3 N–H and O–H groups in total. The lowest BCUT2D eigenvalue weighted by Crippen LogP contribution is -2.25. The molecule has 3 rings (SSSR count). The van der Waals surface area contributed by atoms with Gasteiger partial charge in [0, 0.05) is 0 Å². The highest BCUT2D eigenvalue weighted by molar-refractivity contribution is 7.53. The molecule has 1 aromatic carbocycles. The highest BCUT2D eigenvalue weighted by atomic mass is 31.2. The summed E-state index contributed by atoms with van der Waals surface area (Å²) in [4.78, 5) is 12.4. The van der Waals surface area contributed by atoms with Crippen LogP contribution in [0.25, 0.3) is 11.2 Å². The van der Waals surface area contributed by atoms with E-state index in [1.165, 1.54) is 89.8 Å². The quantitative estimate of drug-likeness (QED) is 0.0538. The van der Waals surface area contributed by atoms with Gasteiger partial charge >= 0.3 is 7.60 Å². The zero-order chi connectivity index (χ0) is 34.3. The maximum absolute atomic E-state index is 13.8. The van der Waals surface area contributed by atoms with Crippen LogP contribution < -0.4 is 5.73 Å². The fourth-order valence-electron chi connectivity index (χ4n) is 5.61. The van der Waals surface area contributed by atoms with Crippen LogP contribution in [-0.2, 0) is 36.2 Å². The summed E-state index contributed by atoms with van der Waals surface area (Å²) in [6.07, 6.45) is 21.7. The van der Waals surface area contributed by atoms with Crippen molar-refractivity contribution < 1.29 is 28.2 Å². The number of aliphatic hydroxyl groups excluding tert-OH is 1. The Kier molecular flexibility index (Phi) is 19.9. The molecule has 11 nitrogen and oxygen atoms in total. The lowest BCUT2D eigenvalue weighted by Gasteiger charge is -2.22. The molecule has 0 aliphatic heterocycles.